The topological polar surface area (TPSA) is 107 Å². The Balaban J connectivity index is 1.12. The van der Waals surface area contributed by atoms with Crippen LogP contribution in [0, 0.1) is 11.8 Å². The number of ether oxygens (including phenoxy) is 1. The van der Waals surface area contributed by atoms with Gasteiger partial charge in [0.25, 0.3) is 11.8 Å². The van der Waals surface area contributed by atoms with Gasteiger partial charge < -0.3 is 19.5 Å². The van der Waals surface area contributed by atoms with Crippen molar-refractivity contribution in [2.75, 3.05) is 26.2 Å². The number of halogens is 3. The normalized spacial score (nSPS) is 20.1. The third kappa shape index (κ3) is 3.94. The second kappa shape index (κ2) is 7.72. The first-order valence-corrected chi connectivity index (χ1v) is 11.0. The molecule has 2 aliphatic heterocycles. The highest BCUT2D eigenvalue weighted by molar-refractivity contribution is 5.99. The van der Waals surface area contributed by atoms with E-state index in [0.717, 1.165) is 5.52 Å². The predicted molar refractivity (Wildman–Crippen MR) is 118 cm³/mol. The number of nitrogens with zero attached hydrogens (tertiary/aromatic N) is 4. The summed E-state index contributed by atoms with van der Waals surface area (Å²) >= 11 is 0. The van der Waals surface area contributed by atoms with Crippen LogP contribution in [-0.4, -0.2) is 74.6 Å². The molecule has 4 aromatic rings. The van der Waals surface area contributed by atoms with Gasteiger partial charge in [-0.05, 0) is 42.5 Å². The summed E-state index contributed by atoms with van der Waals surface area (Å²) in [5, 5.41) is 10.9. The zero-order valence-electron chi connectivity index (χ0n) is 18.2. The molecule has 2 N–H and O–H groups in total. The van der Waals surface area contributed by atoms with Gasteiger partial charge in [0.15, 0.2) is 0 Å². The van der Waals surface area contributed by atoms with Gasteiger partial charge >= 0.3 is 6.36 Å². The number of nitrogens with one attached hydrogen (secondary N) is 2. The standard InChI is InChI=1S/C23H19F3N6O3/c24-23(25,26)35-16-2-4-17-13(5-16)7-20(27-17)22(34)32-10-14-8-31(9-15(14)11-32)21(33)12-1-3-18-19(6-12)29-30-28-18/h1-7,14-15,27H,8-11H2,(H,28,29,30)/t14-,15-/m0/s1. The van der Waals surface area contributed by atoms with E-state index in [-0.39, 0.29) is 29.4 Å². The first kappa shape index (κ1) is 21.4. The lowest BCUT2D eigenvalue weighted by atomic mass is 10.0. The van der Waals surface area contributed by atoms with E-state index >= 15 is 0 Å². The molecule has 2 aliphatic rings. The Hall–Kier alpha value is -4.09. The number of hydrogen-bond donors (Lipinski definition) is 2. The first-order valence-electron chi connectivity index (χ1n) is 11.0. The Morgan fingerprint density at radius 1 is 0.914 bits per heavy atom. The van der Waals surface area contributed by atoms with Crippen LogP contribution in [0.4, 0.5) is 13.2 Å². The second-order valence-electron chi connectivity index (χ2n) is 8.96. The summed E-state index contributed by atoms with van der Waals surface area (Å²) in [6, 6.07) is 10.7. The second-order valence-corrected chi connectivity index (χ2v) is 8.96. The van der Waals surface area contributed by atoms with E-state index in [4.69, 9.17) is 0 Å². The average molecular weight is 484 g/mol. The van der Waals surface area contributed by atoms with E-state index in [1.165, 1.54) is 24.3 Å². The molecule has 12 heteroatoms. The van der Waals surface area contributed by atoms with Crippen LogP contribution < -0.4 is 4.74 Å². The summed E-state index contributed by atoms with van der Waals surface area (Å²) in [6.07, 6.45) is -4.78. The molecule has 4 heterocycles. The minimum atomic E-state index is -4.78. The molecule has 0 saturated carbocycles. The molecule has 2 amide bonds. The summed E-state index contributed by atoms with van der Waals surface area (Å²) in [7, 11) is 0. The summed E-state index contributed by atoms with van der Waals surface area (Å²) in [5.41, 5.74) is 2.78. The summed E-state index contributed by atoms with van der Waals surface area (Å²) in [6.45, 7) is 2.12. The van der Waals surface area contributed by atoms with Crippen LogP contribution in [0.25, 0.3) is 21.9 Å². The molecule has 0 spiro atoms. The maximum atomic E-state index is 13.1. The van der Waals surface area contributed by atoms with Crippen molar-refractivity contribution in [3.05, 3.63) is 53.7 Å². The van der Waals surface area contributed by atoms with Gasteiger partial charge in [0.05, 0.1) is 5.52 Å². The number of likely N-dealkylation sites (tertiary alicyclic amines) is 2. The van der Waals surface area contributed by atoms with Crippen molar-refractivity contribution >= 4 is 33.8 Å². The Morgan fingerprint density at radius 2 is 1.60 bits per heavy atom. The molecule has 180 valence electrons. The molecule has 0 bridgehead atoms. The number of hydrogen-bond acceptors (Lipinski definition) is 5. The van der Waals surface area contributed by atoms with Crippen LogP contribution in [0.15, 0.2) is 42.5 Å². The van der Waals surface area contributed by atoms with Gasteiger partial charge in [0.1, 0.15) is 17.0 Å². The fourth-order valence-electron chi connectivity index (χ4n) is 5.08. The summed E-state index contributed by atoms with van der Waals surface area (Å²) in [5.74, 6) is -0.311. The van der Waals surface area contributed by atoms with Crippen molar-refractivity contribution in [1.82, 2.24) is 30.2 Å². The van der Waals surface area contributed by atoms with Gasteiger partial charge in [-0.3, -0.25) is 14.7 Å². The lowest BCUT2D eigenvalue weighted by molar-refractivity contribution is -0.274. The van der Waals surface area contributed by atoms with Gasteiger partial charge in [0.2, 0.25) is 0 Å². The zero-order chi connectivity index (χ0) is 24.3. The lowest BCUT2D eigenvalue weighted by Gasteiger charge is -2.21. The molecule has 0 aliphatic carbocycles. The van der Waals surface area contributed by atoms with E-state index in [1.54, 1.807) is 23.1 Å². The largest absolute Gasteiger partial charge is 0.573 e. The number of aromatic nitrogens is 4. The molecule has 0 unspecified atom stereocenters. The van der Waals surface area contributed by atoms with Crippen LogP contribution >= 0.6 is 0 Å². The summed E-state index contributed by atoms with van der Waals surface area (Å²) < 4.78 is 41.4. The number of carbonyl (C=O) groups excluding carboxylic acids is 2. The van der Waals surface area contributed by atoms with Gasteiger partial charge in [-0.1, -0.05) is 5.21 Å². The first-order chi connectivity index (χ1) is 16.7. The Labute approximate surface area is 195 Å². The molecule has 0 radical (unpaired) electrons. The minimum Gasteiger partial charge on any atom is -0.406 e. The molecule has 2 fully saturated rings. The fraction of sp³-hybridized carbons (Fsp3) is 0.304. The number of amides is 2. The van der Waals surface area contributed by atoms with Crippen molar-refractivity contribution in [3.63, 3.8) is 0 Å². The Morgan fingerprint density at radius 3 is 2.31 bits per heavy atom. The van der Waals surface area contributed by atoms with Crippen molar-refractivity contribution < 1.29 is 27.5 Å². The maximum Gasteiger partial charge on any atom is 0.573 e. The van der Waals surface area contributed by atoms with Gasteiger partial charge in [-0.25, -0.2) is 0 Å². The number of alkyl halides is 3. The van der Waals surface area contributed by atoms with E-state index in [9.17, 15) is 22.8 Å². The van der Waals surface area contributed by atoms with Crippen molar-refractivity contribution in [1.29, 1.82) is 0 Å². The van der Waals surface area contributed by atoms with Crippen LogP contribution in [0.3, 0.4) is 0 Å². The smallest absolute Gasteiger partial charge is 0.406 e. The fourth-order valence-corrected chi connectivity index (χ4v) is 5.08. The van der Waals surface area contributed by atoms with Crippen molar-refractivity contribution in [2.24, 2.45) is 11.8 Å². The number of rotatable bonds is 3. The molecule has 9 nitrogen and oxygen atoms in total. The third-order valence-electron chi connectivity index (χ3n) is 6.69. The SMILES string of the molecule is O=C(c1ccc2[nH]nnc2c1)N1C[C@H]2CN(C(=O)c3cc4cc(OC(F)(F)F)ccc4[nH]3)C[C@@H]2C1. The highest BCUT2D eigenvalue weighted by Gasteiger charge is 2.43. The van der Waals surface area contributed by atoms with Crippen molar-refractivity contribution in [3.8, 4) is 5.75 Å². The maximum absolute atomic E-state index is 13.1. The molecule has 35 heavy (non-hydrogen) atoms. The van der Waals surface area contributed by atoms with Crippen molar-refractivity contribution in [2.45, 2.75) is 6.36 Å². The lowest BCUT2D eigenvalue weighted by Crippen LogP contribution is -2.35. The van der Waals surface area contributed by atoms with Gasteiger partial charge in [-0.2, -0.15) is 0 Å². The number of H-pyrrole nitrogens is 2. The van der Waals surface area contributed by atoms with Crippen LogP contribution in [0.1, 0.15) is 20.8 Å². The molecule has 2 atom stereocenters. The third-order valence-corrected chi connectivity index (χ3v) is 6.69. The quantitative estimate of drug-likeness (QED) is 0.465. The zero-order valence-corrected chi connectivity index (χ0v) is 18.2. The van der Waals surface area contributed by atoms with E-state index in [1.807, 2.05) is 4.90 Å². The number of aromatic amines is 2. The Kier molecular flexibility index (Phi) is 4.73. The average Bonchev–Trinajstić information content (AvgIpc) is 3.58. The van der Waals surface area contributed by atoms with Crippen LogP contribution in [0.2, 0.25) is 0 Å². The number of benzene rings is 2. The van der Waals surface area contributed by atoms with Gasteiger partial charge in [0, 0.05) is 54.5 Å². The Bertz CT molecular complexity index is 1450. The predicted octanol–water partition coefficient (Wildman–Crippen LogP) is 3.18. The number of fused-ring (bicyclic) bond motifs is 3. The van der Waals surface area contributed by atoms with E-state index < -0.39 is 6.36 Å². The molecule has 2 saturated heterocycles. The summed E-state index contributed by atoms with van der Waals surface area (Å²) in [4.78, 5) is 32.6. The van der Waals surface area contributed by atoms with Crippen LogP contribution in [-0.2, 0) is 0 Å². The highest BCUT2D eigenvalue weighted by Crippen LogP contribution is 2.33. The monoisotopic (exact) mass is 484 g/mol. The van der Waals surface area contributed by atoms with E-state index in [0.29, 0.717) is 53.9 Å². The number of carbonyl (C=O) groups is 2. The molecule has 6 rings (SSSR count). The van der Waals surface area contributed by atoms with Crippen LogP contribution in [0.5, 0.6) is 5.75 Å². The molecule has 2 aromatic heterocycles. The molecule has 2 aromatic carbocycles. The highest BCUT2D eigenvalue weighted by atomic mass is 19.4. The molecular formula is C23H19F3N6O3. The minimum absolute atomic E-state index is 0.0744. The van der Waals surface area contributed by atoms with Gasteiger partial charge in [-0.15, -0.1) is 18.3 Å². The van der Waals surface area contributed by atoms with E-state index in [2.05, 4.69) is 25.1 Å². The molecular weight excluding hydrogens is 465 g/mol.